The highest BCUT2D eigenvalue weighted by atomic mass is 127. The number of ether oxygens (including phenoxy) is 1. The molecule has 2 unspecified atom stereocenters. The van der Waals surface area contributed by atoms with Crippen molar-refractivity contribution in [1.29, 1.82) is 0 Å². The van der Waals surface area contributed by atoms with Crippen molar-refractivity contribution in [3.8, 4) is 0 Å². The molecule has 0 aromatic carbocycles. The molecule has 0 amide bonds. The maximum absolute atomic E-state index is 5.30. The molecular weight excluding hydrogens is 369 g/mol. The SMILES string of the molecule is COCCN=C(NCCc1ccco1)NC1CC1C.I. The molecule has 1 aromatic heterocycles. The minimum Gasteiger partial charge on any atom is -0.469 e. The fraction of sp³-hybridized carbons (Fsp3) is 0.643. The predicted molar refractivity (Wildman–Crippen MR) is 90.7 cm³/mol. The molecule has 2 rings (SSSR count). The molecule has 5 nitrogen and oxygen atoms in total. The van der Waals surface area contributed by atoms with Gasteiger partial charge in [-0.2, -0.15) is 0 Å². The molecule has 1 aliphatic rings. The fourth-order valence-corrected chi connectivity index (χ4v) is 1.86. The lowest BCUT2D eigenvalue weighted by molar-refractivity contribution is 0.208. The third-order valence-corrected chi connectivity index (χ3v) is 3.24. The van der Waals surface area contributed by atoms with Crippen LogP contribution in [0.1, 0.15) is 19.1 Å². The molecular formula is C14H24IN3O2. The van der Waals surface area contributed by atoms with Crippen LogP contribution in [0, 0.1) is 5.92 Å². The van der Waals surface area contributed by atoms with Crippen LogP contribution >= 0.6 is 24.0 Å². The van der Waals surface area contributed by atoms with Gasteiger partial charge in [0.05, 0.1) is 19.4 Å². The van der Waals surface area contributed by atoms with Crippen molar-refractivity contribution in [2.75, 3.05) is 26.8 Å². The molecule has 0 bridgehead atoms. The standard InChI is InChI=1S/C14H23N3O2.HI/c1-11-10-13(11)17-14(16-7-9-18-2)15-6-5-12-4-3-8-19-12;/h3-4,8,11,13H,5-7,9-10H2,1-2H3,(H2,15,16,17);1H. The summed E-state index contributed by atoms with van der Waals surface area (Å²) in [5, 5.41) is 6.76. The van der Waals surface area contributed by atoms with Crippen LogP contribution in [0.3, 0.4) is 0 Å². The molecule has 2 atom stereocenters. The van der Waals surface area contributed by atoms with E-state index in [4.69, 9.17) is 9.15 Å². The van der Waals surface area contributed by atoms with Gasteiger partial charge in [-0.15, -0.1) is 24.0 Å². The van der Waals surface area contributed by atoms with Crippen LogP contribution in [0.5, 0.6) is 0 Å². The van der Waals surface area contributed by atoms with Crippen LogP contribution in [0.25, 0.3) is 0 Å². The highest BCUT2D eigenvalue weighted by Crippen LogP contribution is 2.28. The maximum Gasteiger partial charge on any atom is 0.191 e. The Balaban J connectivity index is 0.00000200. The molecule has 6 heteroatoms. The minimum atomic E-state index is 0. The lowest BCUT2D eigenvalue weighted by Crippen LogP contribution is -2.40. The summed E-state index contributed by atoms with van der Waals surface area (Å²) in [5.74, 6) is 2.61. The molecule has 1 aliphatic carbocycles. The number of hydrogen-bond donors (Lipinski definition) is 2. The van der Waals surface area contributed by atoms with Crippen LogP contribution in [-0.2, 0) is 11.2 Å². The summed E-state index contributed by atoms with van der Waals surface area (Å²) in [7, 11) is 1.69. The van der Waals surface area contributed by atoms with E-state index >= 15 is 0 Å². The quantitative estimate of drug-likeness (QED) is 0.322. The van der Waals surface area contributed by atoms with Crippen LogP contribution < -0.4 is 10.6 Å². The molecule has 1 aromatic rings. The Bertz CT molecular complexity index is 395. The van der Waals surface area contributed by atoms with Crippen molar-refractivity contribution >= 4 is 29.9 Å². The Labute approximate surface area is 137 Å². The molecule has 0 aliphatic heterocycles. The molecule has 1 saturated carbocycles. The molecule has 1 fully saturated rings. The molecule has 0 radical (unpaired) electrons. The van der Waals surface area contributed by atoms with E-state index in [2.05, 4.69) is 22.5 Å². The number of hydrogen-bond acceptors (Lipinski definition) is 3. The molecule has 114 valence electrons. The number of aliphatic imine (C=N–C) groups is 1. The largest absolute Gasteiger partial charge is 0.469 e. The van der Waals surface area contributed by atoms with Crippen LogP contribution in [-0.4, -0.2) is 38.8 Å². The summed E-state index contributed by atoms with van der Waals surface area (Å²) in [6.07, 6.45) is 3.79. The third kappa shape index (κ3) is 6.13. The van der Waals surface area contributed by atoms with Gasteiger partial charge < -0.3 is 19.8 Å². The topological polar surface area (TPSA) is 58.8 Å². The zero-order chi connectivity index (χ0) is 13.5. The first-order valence-corrected chi connectivity index (χ1v) is 6.85. The average molecular weight is 393 g/mol. The van der Waals surface area contributed by atoms with Crippen LogP contribution in [0.15, 0.2) is 27.8 Å². The van der Waals surface area contributed by atoms with Gasteiger partial charge in [0.2, 0.25) is 0 Å². The minimum absolute atomic E-state index is 0. The number of furan rings is 1. The van der Waals surface area contributed by atoms with E-state index in [0.717, 1.165) is 30.6 Å². The zero-order valence-corrected chi connectivity index (χ0v) is 14.4. The lowest BCUT2D eigenvalue weighted by Gasteiger charge is -2.11. The van der Waals surface area contributed by atoms with Crippen molar-refractivity contribution in [2.24, 2.45) is 10.9 Å². The molecule has 0 spiro atoms. The summed E-state index contributed by atoms with van der Waals surface area (Å²) in [6.45, 7) is 4.37. The van der Waals surface area contributed by atoms with Gasteiger partial charge in [-0.1, -0.05) is 6.92 Å². The number of rotatable bonds is 7. The monoisotopic (exact) mass is 393 g/mol. The number of nitrogens with one attached hydrogen (secondary N) is 2. The first-order valence-electron chi connectivity index (χ1n) is 6.85. The Hall–Kier alpha value is -0.760. The number of nitrogens with zero attached hydrogens (tertiary/aromatic N) is 1. The third-order valence-electron chi connectivity index (χ3n) is 3.24. The number of guanidine groups is 1. The Kier molecular flexibility index (Phi) is 7.98. The second-order valence-corrected chi connectivity index (χ2v) is 4.94. The van der Waals surface area contributed by atoms with Gasteiger partial charge in [0, 0.05) is 26.1 Å². The zero-order valence-electron chi connectivity index (χ0n) is 12.1. The summed E-state index contributed by atoms with van der Waals surface area (Å²) in [5.41, 5.74) is 0. The van der Waals surface area contributed by atoms with Gasteiger partial charge in [-0.25, -0.2) is 0 Å². The lowest BCUT2D eigenvalue weighted by atomic mass is 10.3. The Morgan fingerprint density at radius 3 is 2.95 bits per heavy atom. The van der Waals surface area contributed by atoms with E-state index in [-0.39, 0.29) is 24.0 Å². The second-order valence-electron chi connectivity index (χ2n) is 4.94. The number of methoxy groups -OCH3 is 1. The van der Waals surface area contributed by atoms with Gasteiger partial charge in [0.15, 0.2) is 5.96 Å². The first kappa shape index (κ1) is 17.3. The molecule has 20 heavy (non-hydrogen) atoms. The van der Waals surface area contributed by atoms with Crippen molar-refractivity contribution in [2.45, 2.75) is 25.8 Å². The van der Waals surface area contributed by atoms with Crippen LogP contribution in [0.2, 0.25) is 0 Å². The summed E-state index contributed by atoms with van der Waals surface area (Å²) >= 11 is 0. The molecule has 1 heterocycles. The smallest absolute Gasteiger partial charge is 0.191 e. The van der Waals surface area contributed by atoms with Gasteiger partial charge in [-0.3, -0.25) is 4.99 Å². The van der Waals surface area contributed by atoms with Gasteiger partial charge in [0.25, 0.3) is 0 Å². The molecule has 2 N–H and O–H groups in total. The van der Waals surface area contributed by atoms with Gasteiger partial charge in [-0.05, 0) is 24.5 Å². The summed E-state index contributed by atoms with van der Waals surface area (Å²) in [6, 6.07) is 4.46. The normalized spacial score (nSPS) is 21.2. The second kappa shape index (κ2) is 9.23. The van der Waals surface area contributed by atoms with Crippen molar-refractivity contribution in [3.05, 3.63) is 24.2 Å². The van der Waals surface area contributed by atoms with E-state index in [0.29, 0.717) is 19.2 Å². The van der Waals surface area contributed by atoms with Gasteiger partial charge >= 0.3 is 0 Å². The van der Waals surface area contributed by atoms with E-state index in [1.165, 1.54) is 6.42 Å². The number of halogens is 1. The Morgan fingerprint density at radius 2 is 2.35 bits per heavy atom. The van der Waals surface area contributed by atoms with E-state index in [1.54, 1.807) is 13.4 Å². The van der Waals surface area contributed by atoms with E-state index in [9.17, 15) is 0 Å². The highest BCUT2D eigenvalue weighted by Gasteiger charge is 2.33. The van der Waals surface area contributed by atoms with Crippen molar-refractivity contribution < 1.29 is 9.15 Å². The summed E-state index contributed by atoms with van der Waals surface area (Å²) in [4.78, 5) is 4.49. The van der Waals surface area contributed by atoms with E-state index in [1.807, 2.05) is 12.1 Å². The van der Waals surface area contributed by atoms with Crippen molar-refractivity contribution in [3.63, 3.8) is 0 Å². The summed E-state index contributed by atoms with van der Waals surface area (Å²) < 4.78 is 10.3. The first-order chi connectivity index (χ1) is 9.29. The van der Waals surface area contributed by atoms with Gasteiger partial charge in [0.1, 0.15) is 5.76 Å². The average Bonchev–Trinajstić information content (AvgIpc) is 2.90. The fourth-order valence-electron chi connectivity index (χ4n) is 1.86. The van der Waals surface area contributed by atoms with E-state index < -0.39 is 0 Å². The Morgan fingerprint density at radius 1 is 1.55 bits per heavy atom. The van der Waals surface area contributed by atoms with Crippen LogP contribution in [0.4, 0.5) is 0 Å². The highest BCUT2D eigenvalue weighted by molar-refractivity contribution is 14.0. The predicted octanol–water partition coefficient (Wildman–Crippen LogP) is 2.03. The molecule has 0 saturated heterocycles. The maximum atomic E-state index is 5.30. The van der Waals surface area contributed by atoms with Crippen molar-refractivity contribution in [1.82, 2.24) is 10.6 Å².